The monoisotopic (exact) mass is 275 g/mol. The first kappa shape index (κ1) is 13.7. The second-order valence-corrected chi connectivity index (χ2v) is 5.48. The highest BCUT2D eigenvalue weighted by molar-refractivity contribution is 7.12. The minimum Gasteiger partial charge on any atom is -0.496 e. The number of carbonyl (C=O) groups is 1. The van der Waals surface area contributed by atoms with Gasteiger partial charge in [-0.2, -0.15) is 0 Å². The van der Waals surface area contributed by atoms with Gasteiger partial charge in [-0.15, -0.1) is 11.3 Å². The van der Waals surface area contributed by atoms with Gasteiger partial charge in [0.1, 0.15) is 5.75 Å². The van der Waals surface area contributed by atoms with Gasteiger partial charge >= 0.3 is 0 Å². The van der Waals surface area contributed by atoms with Crippen LogP contribution in [0.15, 0.2) is 11.4 Å². The summed E-state index contributed by atoms with van der Waals surface area (Å²) in [5.74, 6) is 0.930. The largest absolute Gasteiger partial charge is 0.496 e. The van der Waals surface area contributed by atoms with E-state index in [1.54, 1.807) is 14.0 Å². The van der Waals surface area contributed by atoms with Crippen molar-refractivity contribution in [3.63, 3.8) is 0 Å². The molecule has 0 amide bonds. The fraction of sp³-hybridized carbons (Fsp3) is 0.333. The molecule has 2 rings (SSSR count). The number of Topliss-reactive ketones (excluding diaryl/α,β-unsaturated/α-hetero) is 1. The number of hydrogen-bond donors (Lipinski definition) is 0. The van der Waals surface area contributed by atoms with Crippen LogP contribution in [0.1, 0.15) is 33.4 Å². The van der Waals surface area contributed by atoms with Crippen molar-refractivity contribution >= 4 is 17.1 Å². The summed E-state index contributed by atoms with van der Waals surface area (Å²) in [4.78, 5) is 15.7. The summed E-state index contributed by atoms with van der Waals surface area (Å²) in [5, 5.41) is 2.49. The molecule has 0 fully saturated rings. The first-order valence-electron chi connectivity index (χ1n) is 6.07. The number of ketones is 1. The van der Waals surface area contributed by atoms with Crippen LogP contribution in [0.25, 0.3) is 11.3 Å². The Hall–Kier alpha value is -1.68. The van der Waals surface area contributed by atoms with Crippen LogP contribution in [-0.4, -0.2) is 17.9 Å². The summed E-state index contributed by atoms with van der Waals surface area (Å²) >= 11 is 1.39. The Bertz CT molecular complexity index is 644. The standard InChI is InChI=1S/C15H17NO2S/c1-8-6-12(9(2)10(3)14(8)18-5)13-7-19-15(16-13)11(4)17/h6-7H,1-5H3. The number of aromatic nitrogens is 1. The maximum atomic E-state index is 11.3. The lowest BCUT2D eigenvalue weighted by molar-refractivity contribution is 0.101. The summed E-state index contributed by atoms with van der Waals surface area (Å²) in [6.45, 7) is 7.66. The SMILES string of the molecule is COc1c(C)cc(-c2csc(C(C)=O)n2)c(C)c1C. The first-order valence-corrected chi connectivity index (χ1v) is 6.95. The van der Waals surface area contributed by atoms with E-state index < -0.39 is 0 Å². The normalized spacial score (nSPS) is 10.6. The number of thiazole rings is 1. The van der Waals surface area contributed by atoms with Gasteiger partial charge in [-0.1, -0.05) is 0 Å². The first-order chi connectivity index (χ1) is 8.95. The smallest absolute Gasteiger partial charge is 0.188 e. The average Bonchev–Trinajstić information content (AvgIpc) is 2.84. The van der Waals surface area contributed by atoms with Crippen LogP contribution in [0.4, 0.5) is 0 Å². The van der Waals surface area contributed by atoms with Crippen molar-refractivity contribution in [2.45, 2.75) is 27.7 Å². The molecule has 0 radical (unpaired) electrons. The van der Waals surface area contributed by atoms with E-state index in [-0.39, 0.29) is 5.78 Å². The van der Waals surface area contributed by atoms with Gasteiger partial charge in [0.05, 0.1) is 12.8 Å². The van der Waals surface area contributed by atoms with Crippen molar-refractivity contribution in [2.24, 2.45) is 0 Å². The molecule has 2 aromatic rings. The van der Waals surface area contributed by atoms with E-state index in [1.165, 1.54) is 11.3 Å². The summed E-state index contributed by atoms with van der Waals surface area (Å²) in [6, 6.07) is 2.07. The number of ether oxygens (including phenoxy) is 1. The fourth-order valence-electron chi connectivity index (χ4n) is 2.20. The molecular formula is C15H17NO2S. The molecule has 1 aromatic heterocycles. The molecule has 0 saturated carbocycles. The number of nitrogens with zero attached hydrogens (tertiary/aromatic N) is 1. The van der Waals surface area contributed by atoms with E-state index in [1.807, 2.05) is 19.2 Å². The second kappa shape index (κ2) is 5.13. The number of methoxy groups -OCH3 is 1. The highest BCUT2D eigenvalue weighted by atomic mass is 32.1. The van der Waals surface area contributed by atoms with Gasteiger partial charge in [-0.05, 0) is 43.5 Å². The van der Waals surface area contributed by atoms with Gasteiger partial charge in [0.15, 0.2) is 10.8 Å². The summed E-state index contributed by atoms with van der Waals surface area (Å²) in [7, 11) is 1.69. The van der Waals surface area contributed by atoms with E-state index in [2.05, 4.69) is 18.0 Å². The van der Waals surface area contributed by atoms with Crippen molar-refractivity contribution in [1.29, 1.82) is 0 Å². The van der Waals surface area contributed by atoms with Crippen molar-refractivity contribution in [3.8, 4) is 17.0 Å². The number of aryl methyl sites for hydroxylation is 1. The number of carbonyl (C=O) groups excluding carboxylic acids is 1. The summed E-state index contributed by atoms with van der Waals surface area (Å²) < 4.78 is 5.42. The van der Waals surface area contributed by atoms with Crippen LogP contribution in [0.5, 0.6) is 5.75 Å². The van der Waals surface area contributed by atoms with Crippen molar-refractivity contribution < 1.29 is 9.53 Å². The molecule has 0 N–H and O–H groups in total. The molecule has 0 saturated heterocycles. The third kappa shape index (κ3) is 2.40. The van der Waals surface area contributed by atoms with Gasteiger partial charge < -0.3 is 4.74 Å². The molecule has 1 heterocycles. The van der Waals surface area contributed by atoms with Crippen molar-refractivity contribution in [1.82, 2.24) is 4.98 Å². The van der Waals surface area contributed by atoms with Crippen molar-refractivity contribution in [3.05, 3.63) is 33.1 Å². The van der Waals surface area contributed by atoms with E-state index in [9.17, 15) is 4.79 Å². The summed E-state index contributed by atoms with van der Waals surface area (Å²) in [5.41, 5.74) is 5.27. The predicted molar refractivity (Wildman–Crippen MR) is 78.3 cm³/mol. The second-order valence-electron chi connectivity index (χ2n) is 4.62. The fourth-order valence-corrected chi connectivity index (χ4v) is 2.92. The molecule has 19 heavy (non-hydrogen) atoms. The number of hydrogen-bond acceptors (Lipinski definition) is 4. The van der Waals surface area contributed by atoms with Gasteiger partial charge in [0.25, 0.3) is 0 Å². The minimum atomic E-state index is 0.0101. The Morgan fingerprint density at radius 1 is 1.26 bits per heavy atom. The Balaban J connectivity index is 2.59. The molecule has 0 aliphatic carbocycles. The number of benzene rings is 1. The third-order valence-corrected chi connectivity index (χ3v) is 4.25. The lowest BCUT2D eigenvalue weighted by Gasteiger charge is -2.14. The Morgan fingerprint density at radius 2 is 1.95 bits per heavy atom. The van der Waals surface area contributed by atoms with E-state index in [0.717, 1.165) is 33.7 Å². The maximum absolute atomic E-state index is 11.3. The molecule has 0 unspecified atom stereocenters. The lowest BCUT2D eigenvalue weighted by Crippen LogP contribution is -1.97. The van der Waals surface area contributed by atoms with Crippen LogP contribution < -0.4 is 4.74 Å². The highest BCUT2D eigenvalue weighted by Crippen LogP contribution is 2.34. The van der Waals surface area contributed by atoms with E-state index in [0.29, 0.717) is 5.01 Å². The molecule has 0 bridgehead atoms. The van der Waals surface area contributed by atoms with Crippen molar-refractivity contribution in [2.75, 3.05) is 7.11 Å². The van der Waals surface area contributed by atoms with Gasteiger partial charge in [-0.3, -0.25) is 4.79 Å². The molecule has 0 aliphatic rings. The molecule has 100 valence electrons. The van der Waals surface area contributed by atoms with Gasteiger partial charge in [-0.25, -0.2) is 4.98 Å². The number of rotatable bonds is 3. The zero-order valence-electron chi connectivity index (χ0n) is 11.8. The lowest BCUT2D eigenvalue weighted by atomic mass is 9.97. The van der Waals surface area contributed by atoms with Crippen LogP contribution >= 0.6 is 11.3 Å². The third-order valence-electron chi connectivity index (χ3n) is 3.31. The van der Waals surface area contributed by atoms with Gasteiger partial charge in [0.2, 0.25) is 0 Å². The Kier molecular flexibility index (Phi) is 3.71. The molecule has 1 aromatic carbocycles. The van der Waals surface area contributed by atoms with Crippen LogP contribution in [0.2, 0.25) is 0 Å². The molecule has 4 heteroatoms. The zero-order chi connectivity index (χ0) is 14.2. The zero-order valence-corrected chi connectivity index (χ0v) is 12.6. The molecule has 3 nitrogen and oxygen atoms in total. The van der Waals surface area contributed by atoms with Crippen LogP contribution in [-0.2, 0) is 0 Å². The maximum Gasteiger partial charge on any atom is 0.188 e. The summed E-state index contributed by atoms with van der Waals surface area (Å²) in [6.07, 6.45) is 0. The molecule has 0 aliphatic heterocycles. The minimum absolute atomic E-state index is 0.0101. The Morgan fingerprint density at radius 3 is 2.47 bits per heavy atom. The Labute approximate surface area is 117 Å². The quantitative estimate of drug-likeness (QED) is 0.796. The van der Waals surface area contributed by atoms with E-state index in [4.69, 9.17) is 4.74 Å². The highest BCUT2D eigenvalue weighted by Gasteiger charge is 2.15. The molecular weight excluding hydrogens is 258 g/mol. The van der Waals surface area contributed by atoms with Crippen LogP contribution in [0, 0.1) is 20.8 Å². The average molecular weight is 275 g/mol. The van der Waals surface area contributed by atoms with Gasteiger partial charge in [0, 0.05) is 17.9 Å². The van der Waals surface area contributed by atoms with Crippen LogP contribution in [0.3, 0.4) is 0 Å². The molecule has 0 atom stereocenters. The molecule has 0 spiro atoms. The van der Waals surface area contributed by atoms with E-state index >= 15 is 0 Å². The topological polar surface area (TPSA) is 39.2 Å². The predicted octanol–water partition coefficient (Wildman–Crippen LogP) is 3.95.